The number of amides is 2. The van der Waals surface area contributed by atoms with Crippen LogP contribution in [0.3, 0.4) is 0 Å². The summed E-state index contributed by atoms with van der Waals surface area (Å²) in [5.41, 5.74) is 1.65. The van der Waals surface area contributed by atoms with Crippen LogP contribution >= 0.6 is 11.6 Å². The Balaban J connectivity index is 1.49. The number of nitrogens with one attached hydrogen (secondary N) is 2. The third kappa shape index (κ3) is 5.15. The topological polar surface area (TPSA) is 84.2 Å². The average Bonchev–Trinajstić information content (AvgIpc) is 3.12. The smallest absolute Gasteiger partial charge is 0.243 e. The van der Waals surface area contributed by atoms with Crippen LogP contribution in [-0.4, -0.2) is 23.5 Å². The minimum atomic E-state index is -0.578. The number of hydrogen-bond donors (Lipinski definition) is 2. The predicted molar refractivity (Wildman–Crippen MR) is 98.7 cm³/mol. The maximum absolute atomic E-state index is 13.1. The summed E-state index contributed by atoms with van der Waals surface area (Å²) < 4.78 is 18.3. The van der Waals surface area contributed by atoms with Gasteiger partial charge in [0.15, 0.2) is 5.76 Å². The van der Waals surface area contributed by atoms with Crippen molar-refractivity contribution in [1.29, 1.82) is 0 Å². The monoisotopic (exact) mass is 387 g/mol. The molecule has 0 aliphatic rings. The summed E-state index contributed by atoms with van der Waals surface area (Å²) in [4.78, 5) is 23.8. The Morgan fingerprint density at radius 1 is 1.07 bits per heavy atom. The van der Waals surface area contributed by atoms with Gasteiger partial charge in [0.05, 0.1) is 23.7 Å². The summed E-state index contributed by atoms with van der Waals surface area (Å²) in [6, 6.07) is 14.9. The third-order valence-corrected chi connectivity index (χ3v) is 3.90. The van der Waals surface area contributed by atoms with Gasteiger partial charge in [-0.1, -0.05) is 47.1 Å². The second-order valence-corrected chi connectivity index (χ2v) is 6.09. The van der Waals surface area contributed by atoms with E-state index in [1.54, 1.807) is 6.07 Å². The predicted octanol–water partition coefficient (Wildman–Crippen LogP) is 3.43. The van der Waals surface area contributed by atoms with Crippen LogP contribution in [0.1, 0.15) is 5.69 Å². The Morgan fingerprint density at radius 3 is 2.59 bits per heavy atom. The third-order valence-electron chi connectivity index (χ3n) is 3.61. The van der Waals surface area contributed by atoms with Crippen molar-refractivity contribution in [3.8, 4) is 11.3 Å². The maximum atomic E-state index is 13.1. The van der Waals surface area contributed by atoms with Crippen LogP contribution in [0, 0.1) is 5.82 Å². The second kappa shape index (κ2) is 8.46. The van der Waals surface area contributed by atoms with Gasteiger partial charge in [-0.3, -0.25) is 9.59 Å². The van der Waals surface area contributed by atoms with Gasteiger partial charge in [0.25, 0.3) is 0 Å². The summed E-state index contributed by atoms with van der Waals surface area (Å²) in [5.74, 6) is -0.860. The molecule has 1 heterocycles. The number of carbonyl (C=O) groups is 2. The van der Waals surface area contributed by atoms with E-state index >= 15 is 0 Å². The van der Waals surface area contributed by atoms with Gasteiger partial charge in [-0.05, 0) is 18.2 Å². The Hall–Kier alpha value is -3.19. The minimum absolute atomic E-state index is 0.0218. The molecule has 0 fully saturated rings. The largest absolute Gasteiger partial charge is 0.356 e. The van der Waals surface area contributed by atoms with Gasteiger partial charge >= 0.3 is 0 Å². The molecule has 0 atom stereocenters. The molecule has 0 aliphatic carbocycles. The molecule has 0 spiro atoms. The van der Waals surface area contributed by atoms with E-state index < -0.39 is 11.7 Å². The zero-order valence-electron chi connectivity index (χ0n) is 14.0. The lowest BCUT2D eigenvalue weighted by Gasteiger charge is -2.07. The van der Waals surface area contributed by atoms with Crippen molar-refractivity contribution in [3.05, 3.63) is 71.1 Å². The number of benzene rings is 2. The van der Waals surface area contributed by atoms with Gasteiger partial charge in [0, 0.05) is 17.3 Å². The van der Waals surface area contributed by atoms with Crippen molar-refractivity contribution >= 4 is 29.1 Å². The molecular formula is C19H15ClFN3O3. The molecule has 27 heavy (non-hydrogen) atoms. The van der Waals surface area contributed by atoms with Crippen molar-refractivity contribution in [2.45, 2.75) is 6.42 Å². The van der Waals surface area contributed by atoms with Crippen LogP contribution in [0.4, 0.5) is 10.1 Å². The first-order valence-electron chi connectivity index (χ1n) is 8.04. The highest BCUT2D eigenvalue weighted by atomic mass is 35.5. The van der Waals surface area contributed by atoms with E-state index in [0.717, 1.165) is 11.6 Å². The van der Waals surface area contributed by atoms with Crippen LogP contribution in [0.15, 0.2) is 59.1 Å². The number of aromatic nitrogens is 1. The first-order valence-corrected chi connectivity index (χ1v) is 8.41. The quantitative estimate of drug-likeness (QED) is 0.678. The van der Waals surface area contributed by atoms with E-state index in [1.807, 2.05) is 30.3 Å². The molecule has 0 saturated heterocycles. The van der Waals surface area contributed by atoms with Crippen molar-refractivity contribution in [3.63, 3.8) is 0 Å². The molecule has 3 aromatic rings. The molecule has 0 radical (unpaired) electrons. The van der Waals surface area contributed by atoms with Crippen LogP contribution in [0.5, 0.6) is 0 Å². The van der Waals surface area contributed by atoms with Gasteiger partial charge < -0.3 is 15.2 Å². The van der Waals surface area contributed by atoms with E-state index in [2.05, 4.69) is 15.8 Å². The maximum Gasteiger partial charge on any atom is 0.243 e. The molecule has 2 N–H and O–H groups in total. The van der Waals surface area contributed by atoms with Gasteiger partial charge in [-0.25, -0.2) is 4.39 Å². The summed E-state index contributed by atoms with van der Waals surface area (Å²) in [7, 11) is 0. The lowest BCUT2D eigenvalue weighted by atomic mass is 10.1. The number of hydrogen-bond acceptors (Lipinski definition) is 4. The number of halogens is 2. The lowest BCUT2D eigenvalue weighted by molar-refractivity contribution is -0.123. The van der Waals surface area contributed by atoms with E-state index in [0.29, 0.717) is 17.1 Å². The molecule has 6 nitrogen and oxygen atoms in total. The Bertz CT molecular complexity index is 960. The number of carbonyl (C=O) groups excluding carboxylic acids is 2. The molecule has 0 bridgehead atoms. The SMILES string of the molecule is O=C(Cc1cc(-c2ccccc2)on1)NCC(=O)Nc1ccc(F)c(Cl)c1. The molecule has 8 heteroatoms. The lowest BCUT2D eigenvalue weighted by Crippen LogP contribution is -2.33. The summed E-state index contributed by atoms with van der Waals surface area (Å²) in [5, 5.41) is 8.76. The highest BCUT2D eigenvalue weighted by Crippen LogP contribution is 2.20. The zero-order chi connectivity index (χ0) is 19.2. The summed E-state index contributed by atoms with van der Waals surface area (Å²) in [6.45, 7) is -0.239. The highest BCUT2D eigenvalue weighted by Gasteiger charge is 2.12. The van der Waals surface area contributed by atoms with Gasteiger partial charge in [-0.15, -0.1) is 0 Å². The van der Waals surface area contributed by atoms with Crippen LogP contribution < -0.4 is 10.6 Å². The van der Waals surface area contributed by atoms with Crippen molar-refractivity contribution in [2.75, 3.05) is 11.9 Å². The molecule has 0 aliphatic heterocycles. The van der Waals surface area contributed by atoms with E-state index in [-0.39, 0.29) is 23.9 Å². The molecular weight excluding hydrogens is 373 g/mol. The molecule has 1 aromatic heterocycles. The zero-order valence-corrected chi connectivity index (χ0v) is 14.8. The van der Waals surface area contributed by atoms with E-state index in [1.165, 1.54) is 12.1 Å². The standard InChI is InChI=1S/C19H15ClFN3O3/c20-15-8-13(6-7-16(15)21)23-19(26)11-22-18(25)10-14-9-17(27-24-14)12-4-2-1-3-5-12/h1-9H,10-11H2,(H,22,25)(H,23,26). The number of nitrogens with zero attached hydrogens (tertiary/aromatic N) is 1. The second-order valence-electron chi connectivity index (χ2n) is 5.68. The van der Waals surface area contributed by atoms with Crippen LogP contribution in [0.25, 0.3) is 11.3 Å². The van der Waals surface area contributed by atoms with Gasteiger partial charge in [0.2, 0.25) is 11.8 Å². The fourth-order valence-electron chi connectivity index (χ4n) is 2.32. The Kier molecular flexibility index (Phi) is 5.83. The fourth-order valence-corrected chi connectivity index (χ4v) is 2.50. The fraction of sp³-hybridized carbons (Fsp3) is 0.105. The average molecular weight is 388 g/mol. The van der Waals surface area contributed by atoms with E-state index in [4.69, 9.17) is 16.1 Å². The highest BCUT2D eigenvalue weighted by molar-refractivity contribution is 6.31. The van der Waals surface area contributed by atoms with Crippen molar-refractivity contribution < 1.29 is 18.5 Å². The number of rotatable bonds is 6. The van der Waals surface area contributed by atoms with Gasteiger partial charge in [0.1, 0.15) is 5.82 Å². The summed E-state index contributed by atoms with van der Waals surface area (Å²) >= 11 is 5.65. The normalized spacial score (nSPS) is 10.4. The minimum Gasteiger partial charge on any atom is -0.356 e. The van der Waals surface area contributed by atoms with Gasteiger partial charge in [-0.2, -0.15) is 0 Å². The first kappa shape index (κ1) is 18.6. The molecule has 3 rings (SSSR count). The molecule has 0 saturated carbocycles. The molecule has 2 amide bonds. The number of anilines is 1. The van der Waals surface area contributed by atoms with Crippen molar-refractivity contribution in [1.82, 2.24) is 10.5 Å². The molecule has 138 valence electrons. The van der Waals surface area contributed by atoms with Crippen LogP contribution in [-0.2, 0) is 16.0 Å². The van der Waals surface area contributed by atoms with Crippen LogP contribution in [0.2, 0.25) is 5.02 Å². The van der Waals surface area contributed by atoms with Crippen molar-refractivity contribution in [2.24, 2.45) is 0 Å². The first-order chi connectivity index (χ1) is 13.0. The Labute approximate surface area is 159 Å². The molecule has 2 aromatic carbocycles. The van der Waals surface area contributed by atoms with E-state index in [9.17, 15) is 14.0 Å². The molecule has 0 unspecified atom stereocenters. The Morgan fingerprint density at radius 2 is 1.85 bits per heavy atom. The summed E-state index contributed by atoms with van der Waals surface area (Å²) in [6.07, 6.45) is -0.0218.